The van der Waals surface area contributed by atoms with Crippen LogP contribution in [0.25, 0.3) is 11.0 Å². The minimum Gasteiger partial charge on any atom is -0.319 e. The molecule has 0 saturated heterocycles. The highest BCUT2D eigenvalue weighted by Gasteiger charge is 2.17. The van der Waals surface area contributed by atoms with Gasteiger partial charge in [0.15, 0.2) is 0 Å². The average molecular weight is 360 g/mol. The van der Waals surface area contributed by atoms with Gasteiger partial charge in [-0.15, -0.1) is 0 Å². The number of nitrogens with one attached hydrogen (secondary N) is 1. The zero-order chi connectivity index (χ0) is 15.0. The summed E-state index contributed by atoms with van der Waals surface area (Å²) in [7, 11) is 0. The number of amides is 1. The third kappa shape index (κ3) is 2.80. The molecule has 21 heavy (non-hydrogen) atoms. The second-order valence-electron chi connectivity index (χ2n) is 3.98. The van der Waals surface area contributed by atoms with Gasteiger partial charge in [-0.05, 0) is 24.3 Å². The SMILES string of the molecule is O=C(Nc1c(Cl)ccc2nsnc12)c1ccc(Cl)nc1Cl. The molecule has 5 nitrogen and oxygen atoms in total. The van der Waals surface area contributed by atoms with Gasteiger partial charge in [0.2, 0.25) is 0 Å². The molecule has 0 aliphatic rings. The van der Waals surface area contributed by atoms with Crippen LogP contribution >= 0.6 is 46.5 Å². The van der Waals surface area contributed by atoms with Crippen molar-refractivity contribution in [2.75, 3.05) is 5.32 Å². The number of hydrogen-bond donors (Lipinski definition) is 1. The quantitative estimate of drug-likeness (QED) is 0.693. The van der Waals surface area contributed by atoms with E-state index in [1.165, 1.54) is 12.1 Å². The first kappa shape index (κ1) is 14.5. The van der Waals surface area contributed by atoms with Crippen molar-refractivity contribution in [2.24, 2.45) is 0 Å². The lowest BCUT2D eigenvalue weighted by molar-refractivity contribution is 0.102. The summed E-state index contributed by atoms with van der Waals surface area (Å²) in [4.78, 5) is 16.1. The molecule has 0 saturated carbocycles. The molecule has 0 unspecified atom stereocenters. The number of pyridine rings is 1. The molecule has 0 radical (unpaired) electrons. The highest BCUT2D eigenvalue weighted by atomic mass is 35.5. The summed E-state index contributed by atoms with van der Waals surface area (Å²) < 4.78 is 8.22. The summed E-state index contributed by atoms with van der Waals surface area (Å²) in [6, 6.07) is 6.34. The largest absolute Gasteiger partial charge is 0.319 e. The lowest BCUT2D eigenvalue weighted by atomic mass is 10.2. The molecule has 0 fully saturated rings. The summed E-state index contributed by atoms with van der Waals surface area (Å²) in [5, 5.41) is 3.27. The number of anilines is 1. The third-order valence-electron chi connectivity index (χ3n) is 2.67. The average Bonchev–Trinajstić information content (AvgIpc) is 2.90. The monoisotopic (exact) mass is 358 g/mol. The Balaban J connectivity index is 2.00. The molecule has 2 heterocycles. The van der Waals surface area contributed by atoms with Crippen LogP contribution in [0.1, 0.15) is 10.4 Å². The van der Waals surface area contributed by atoms with Crippen molar-refractivity contribution in [1.82, 2.24) is 13.7 Å². The number of aromatic nitrogens is 3. The van der Waals surface area contributed by atoms with Crippen LogP contribution in [-0.4, -0.2) is 19.6 Å². The van der Waals surface area contributed by atoms with E-state index in [4.69, 9.17) is 34.8 Å². The molecule has 0 aliphatic carbocycles. The molecule has 1 aromatic carbocycles. The van der Waals surface area contributed by atoms with E-state index in [2.05, 4.69) is 19.0 Å². The first-order valence-corrected chi connectivity index (χ1v) is 7.47. The molecule has 1 N–H and O–H groups in total. The second-order valence-corrected chi connectivity index (χ2v) is 5.66. The molecule has 106 valence electrons. The fraction of sp³-hybridized carbons (Fsp3) is 0. The van der Waals surface area contributed by atoms with Gasteiger partial charge in [0, 0.05) is 0 Å². The Morgan fingerprint density at radius 1 is 1.10 bits per heavy atom. The first-order chi connectivity index (χ1) is 10.1. The number of carbonyl (C=O) groups is 1. The van der Waals surface area contributed by atoms with Gasteiger partial charge in [0.05, 0.1) is 28.0 Å². The Labute approximate surface area is 138 Å². The van der Waals surface area contributed by atoms with Crippen molar-refractivity contribution in [3.63, 3.8) is 0 Å². The van der Waals surface area contributed by atoms with E-state index in [0.717, 1.165) is 11.7 Å². The van der Waals surface area contributed by atoms with E-state index in [1.54, 1.807) is 12.1 Å². The van der Waals surface area contributed by atoms with E-state index in [9.17, 15) is 4.79 Å². The number of nitrogens with zero attached hydrogens (tertiary/aromatic N) is 3. The molecular weight excluding hydrogens is 355 g/mol. The first-order valence-electron chi connectivity index (χ1n) is 5.60. The number of hydrogen-bond acceptors (Lipinski definition) is 5. The third-order valence-corrected chi connectivity index (χ3v) is 4.03. The molecule has 0 aliphatic heterocycles. The van der Waals surface area contributed by atoms with Crippen molar-refractivity contribution in [1.29, 1.82) is 0 Å². The Morgan fingerprint density at radius 3 is 2.67 bits per heavy atom. The van der Waals surface area contributed by atoms with Gasteiger partial charge >= 0.3 is 0 Å². The molecule has 9 heteroatoms. The Kier molecular flexibility index (Phi) is 3.95. The molecule has 3 rings (SSSR count). The fourth-order valence-electron chi connectivity index (χ4n) is 1.71. The van der Waals surface area contributed by atoms with Crippen LogP contribution < -0.4 is 5.32 Å². The van der Waals surface area contributed by atoms with Crippen LogP contribution in [-0.2, 0) is 0 Å². The molecule has 2 aromatic heterocycles. The summed E-state index contributed by atoms with van der Waals surface area (Å²) in [6.45, 7) is 0. The van der Waals surface area contributed by atoms with Gasteiger partial charge in [0.25, 0.3) is 5.91 Å². The van der Waals surface area contributed by atoms with Crippen LogP contribution in [0.2, 0.25) is 15.3 Å². The van der Waals surface area contributed by atoms with Crippen LogP contribution in [0.15, 0.2) is 24.3 Å². The summed E-state index contributed by atoms with van der Waals surface area (Å²) in [5.74, 6) is -0.452. The van der Waals surface area contributed by atoms with Gasteiger partial charge < -0.3 is 5.32 Å². The zero-order valence-corrected chi connectivity index (χ0v) is 13.2. The molecular formula is C12H5Cl3N4OS. The lowest BCUT2D eigenvalue weighted by Gasteiger charge is -2.08. The summed E-state index contributed by atoms with van der Waals surface area (Å²) in [5.41, 5.74) is 1.76. The van der Waals surface area contributed by atoms with Crippen molar-refractivity contribution < 1.29 is 4.79 Å². The maximum absolute atomic E-state index is 12.3. The maximum atomic E-state index is 12.3. The van der Waals surface area contributed by atoms with Gasteiger partial charge in [-0.3, -0.25) is 4.79 Å². The number of halogens is 3. The predicted octanol–water partition coefficient (Wildman–Crippen LogP) is 4.30. The van der Waals surface area contributed by atoms with Crippen LogP contribution in [0.5, 0.6) is 0 Å². The topological polar surface area (TPSA) is 67.8 Å². The molecule has 0 spiro atoms. The van der Waals surface area contributed by atoms with E-state index in [-0.39, 0.29) is 15.9 Å². The summed E-state index contributed by atoms with van der Waals surface area (Å²) >= 11 is 18.8. The molecule has 1 amide bonds. The van der Waals surface area contributed by atoms with Crippen molar-refractivity contribution in [3.8, 4) is 0 Å². The lowest BCUT2D eigenvalue weighted by Crippen LogP contribution is -2.13. The van der Waals surface area contributed by atoms with Gasteiger partial charge in [-0.2, -0.15) is 8.75 Å². The number of benzene rings is 1. The smallest absolute Gasteiger partial charge is 0.258 e. The van der Waals surface area contributed by atoms with Crippen LogP contribution in [0, 0.1) is 0 Å². The number of fused-ring (bicyclic) bond motifs is 1. The van der Waals surface area contributed by atoms with Crippen LogP contribution in [0.4, 0.5) is 5.69 Å². The normalized spacial score (nSPS) is 10.8. The van der Waals surface area contributed by atoms with E-state index >= 15 is 0 Å². The Hall–Kier alpha value is -1.47. The molecule has 0 atom stereocenters. The van der Waals surface area contributed by atoms with Gasteiger partial charge in [-0.25, -0.2) is 4.98 Å². The fourth-order valence-corrected chi connectivity index (χ4v) is 2.88. The maximum Gasteiger partial charge on any atom is 0.258 e. The number of carbonyl (C=O) groups excluding carboxylic acids is 1. The zero-order valence-electron chi connectivity index (χ0n) is 10.1. The predicted molar refractivity (Wildman–Crippen MR) is 84.6 cm³/mol. The minimum absolute atomic E-state index is 0.0136. The standard InChI is InChI=1S/C12H5Cl3N4OS/c13-6-2-3-7-10(19-21-18-7)9(6)17-12(20)5-1-4-8(14)16-11(5)15/h1-4H,(H,17,20). The van der Waals surface area contributed by atoms with E-state index in [1.807, 2.05) is 0 Å². The Morgan fingerprint density at radius 2 is 1.90 bits per heavy atom. The molecule has 0 bridgehead atoms. The van der Waals surface area contributed by atoms with Gasteiger partial charge in [-0.1, -0.05) is 34.8 Å². The highest BCUT2D eigenvalue weighted by Crippen LogP contribution is 2.30. The number of rotatable bonds is 2. The Bertz CT molecular complexity index is 852. The molecule has 3 aromatic rings. The second kappa shape index (κ2) is 5.73. The van der Waals surface area contributed by atoms with Crippen molar-refractivity contribution in [3.05, 3.63) is 45.2 Å². The van der Waals surface area contributed by atoms with Gasteiger partial charge in [0.1, 0.15) is 21.3 Å². The van der Waals surface area contributed by atoms with Crippen molar-refractivity contribution in [2.45, 2.75) is 0 Å². The van der Waals surface area contributed by atoms with E-state index in [0.29, 0.717) is 21.7 Å². The van der Waals surface area contributed by atoms with Crippen molar-refractivity contribution >= 4 is 69.2 Å². The summed E-state index contributed by atoms with van der Waals surface area (Å²) in [6.07, 6.45) is 0. The van der Waals surface area contributed by atoms with Crippen LogP contribution in [0.3, 0.4) is 0 Å². The van der Waals surface area contributed by atoms with E-state index < -0.39 is 5.91 Å². The highest BCUT2D eigenvalue weighted by molar-refractivity contribution is 7.00. The minimum atomic E-state index is -0.452.